The first-order valence-electron chi connectivity index (χ1n) is 4.53. The lowest BCUT2D eigenvalue weighted by atomic mass is 10.2. The molecule has 1 atom stereocenters. The van der Waals surface area contributed by atoms with Gasteiger partial charge in [-0.15, -0.1) is 0 Å². The zero-order valence-corrected chi connectivity index (χ0v) is 8.45. The van der Waals surface area contributed by atoms with Gasteiger partial charge < -0.3 is 14.5 Å². The van der Waals surface area contributed by atoms with E-state index in [0.29, 0.717) is 13.0 Å². The van der Waals surface area contributed by atoms with Crippen LogP contribution in [0.4, 0.5) is 0 Å². The van der Waals surface area contributed by atoms with Gasteiger partial charge in [0.2, 0.25) is 0 Å². The molecule has 1 N–H and O–H groups in total. The van der Waals surface area contributed by atoms with Crippen molar-refractivity contribution in [1.29, 1.82) is 0 Å². The SMILES string of the molecule is COC(=O)CC(C)NCc1ccoc1. The summed E-state index contributed by atoms with van der Waals surface area (Å²) >= 11 is 0. The highest BCUT2D eigenvalue weighted by molar-refractivity contribution is 5.69. The van der Waals surface area contributed by atoms with Crippen LogP contribution in [0.1, 0.15) is 18.9 Å². The molecule has 0 amide bonds. The lowest BCUT2D eigenvalue weighted by Gasteiger charge is -2.10. The van der Waals surface area contributed by atoms with Crippen molar-refractivity contribution < 1.29 is 13.9 Å². The van der Waals surface area contributed by atoms with E-state index in [2.05, 4.69) is 10.1 Å². The van der Waals surface area contributed by atoms with Crippen molar-refractivity contribution >= 4 is 5.97 Å². The van der Waals surface area contributed by atoms with Crippen LogP contribution >= 0.6 is 0 Å². The molecule has 0 spiro atoms. The molecule has 1 rings (SSSR count). The van der Waals surface area contributed by atoms with Gasteiger partial charge in [-0.3, -0.25) is 4.79 Å². The van der Waals surface area contributed by atoms with Gasteiger partial charge in [0.1, 0.15) is 0 Å². The average Bonchev–Trinajstić information content (AvgIpc) is 2.67. The highest BCUT2D eigenvalue weighted by atomic mass is 16.5. The second kappa shape index (κ2) is 5.44. The summed E-state index contributed by atoms with van der Waals surface area (Å²) in [5.41, 5.74) is 1.07. The van der Waals surface area contributed by atoms with Crippen LogP contribution < -0.4 is 5.32 Å². The normalized spacial score (nSPS) is 12.4. The number of nitrogens with one attached hydrogen (secondary N) is 1. The Balaban J connectivity index is 2.21. The van der Waals surface area contributed by atoms with Crippen molar-refractivity contribution in [2.75, 3.05) is 7.11 Å². The maximum Gasteiger partial charge on any atom is 0.307 e. The van der Waals surface area contributed by atoms with Gasteiger partial charge in [-0.05, 0) is 13.0 Å². The van der Waals surface area contributed by atoms with Gasteiger partial charge in [0.15, 0.2) is 0 Å². The first-order valence-corrected chi connectivity index (χ1v) is 4.53. The predicted molar refractivity (Wildman–Crippen MR) is 51.6 cm³/mol. The molecule has 4 heteroatoms. The number of hydrogen-bond acceptors (Lipinski definition) is 4. The fourth-order valence-electron chi connectivity index (χ4n) is 1.09. The van der Waals surface area contributed by atoms with Crippen LogP contribution in [0, 0.1) is 0 Å². The fraction of sp³-hybridized carbons (Fsp3) is 0.500. The maximum absolute atomic E-state index is 10.9. The van der Waals surface area contributed by atoms with Gasteiger partial charge in [-0.25, -0.2) is 0 Å². The Morgan fingerprint density at radius 3 is 3.07 bits per heavy atom. The molecular weight excluding hydrogens is 182 g/mol. The molecule has 78 valence electrons. The number of hydrogen-bond donors (Lipinski definition) is 1. The monoisotopic (exact) mass is 197 g/mol. The number of carbonyl (C=O) groups excluding carboxylic acids is 1. The molecule has 0 aliphatic heterocycles. The predicted octanol–water partition coefficient (Wildman–Crippen LogP) is 1.32. The Morgan fingerprint density at radius 2 is 2.50 bits per heavy atom. The third-order valence-electron chi connectivity index (χ3n) is 1.94. The molecule has 0 aromatic carbocycles. The zero-order valence-electron chi connectivity index (χ0n) is 8.45. The zero-order chi connectivity index (χ0) is 10.4. The molecule has 0 saturated carbocycles. The van der Waals surface area contributed by atoms with Crippen LogP contribution in [-0.2, 0) is 16.1 Å². The van der Waals surface area contributed by atoms with Crippen molar-refractivity contribution in [3.8, 4) is 0 Å². The van der Waals surface area contributed by atoms with Crippen molar-refractivity contribution in [3.63, 3.8) is 0 Å². The van der Waals surface area contributed by atoms with Gasteiger partial charge >= 0.3 is 5.97 Å². The first kappa shape index (κ1) is 10.8. The van der Waals surface area contributed by atoms with E-state index in [1.165, 1.54) is 7.11 Å². The van der Waals surface area contributed by atoms with E-state index in [-0.39, 0.29) is 12.0 Å². The van der Waals surface area contributed by atoms with E-state index < -0.39 is 0 Å². The summed E-state index contributed by atoms with van der Waals surface area (Å²) in [7, 11) is 1.39. The molecule has 0 aliphatic rings. The minimum absolute atomic E-state index is 0.109. The molecule has 0 radical (unpaired) electrons. The van der Waals surface area contributed by atoms with E-state index in [1.54, 1.807) is 12.5 Å². The van der Waals surface area contributed by atoms with E-state index in [9.17, 15) is 4.79 Å². The smallest absolute Gasteiger partial charge is 0.307 e. The Hall–Kier alpha value is -1.29. The summed E-state index contributed by atoms with van der Waals surface area (Å²) in [5.74, 6) is -0.197. The Kier molecular flexibility index (Phi) is 4.19. The highest BCUT2D eigenvalue weighted by Crippen LogP contribution is 2.01. The topological polar surface area (TPSA) is 51.5 Å². The van der Waals surface area contributed by atoms with Crippen LogP contribution in [0.25, 0.3) is 0 Å². The second-order valence-electron chi connectivity index (χ2n) is 3.19. The van der Waals surface area contributed by atoms with Crippen LogP contribution in [-0.4, -0.2) is 19.1 Å². The number of esters is 1. The number of methoxy groups -OCH3 is 1. The van der Waals surface area contributed by atoms with Crippen LogP contribution in [0.2, 0.25) is 0 Å². The number of furan rings is 1. The molecule has 14 heavy (non-hydrogen) atoms. The molecule has 0 saturated heterocycles. The largest absolute Gasteiger partial charge is 0.472 e. The minimum atomic E-state index is -0.197. The van der Waals surface area contributed by atoms with Gasteiger partial charge in [-0.1, -0.05) is 0 Å². The average molecular weight is 197 g/mol. The lowest BCUT2D eigenvalue weighted by molar-refractivity contribution is -0.141. The highest BCUT2D eigenvalue weighted by Gasteiger charge is 2.08. The Morgan fingerprint density at radius 1 is 1.71 bits per heavy atom. The van der Waals surface area contributed by atoms with Crippen LogP contribution in [0.15, 0.2) is 23.0 Å². The van der Waals surface area contributed by atoms with Crippen LogP contribution in [0.5, 0.6) is 0 Å². The lowest BCUT2D eigenvalue weighted by Crippen LogP contribution is -2.28. The molecule has 0 bridgehead atoms. The van der Waals surface area contributed by atoms with Crippen molar-refractivity contribution in [1.82, 2.24) is 5.32 Å². The van der Waals surface area contributed by atoms with Gasteiger partial charge in [0, 0.05) is 18.2 Å². The Labute approximate surface area is 83.2 Å². The quantitative estimate of drug-likeness (QED) is 0.723. The molecule has 4 nitrogen and oxygen atoms in total. The number of ether oxygens (including phenoxy) is 1. The van der Waals surface area contributed by atoms with E-state index in [4.69, 9.17) is 4.42 Å². The second-order valence-corrected chi connectivity index (χ2v) is 3.19. The molecule has 0 fully saturated rings. The Bertz CT molecular complexity index is 269. The van der Waals surface area contributed by atoms with E-state index in [1.807, 2.05) is 13.0 Å². The van der Waals surface area contributed by atoms with Gasteiger partial charge in [0.25, 0.3) is 0 Å². The maximum atomic E-state index is 10.9. The number of carbonyl (C=O) groups is 1. The number of rotatable bonds is 5. The summed E-state index contributed by atoms with van der Waals surface area (Å²) in [6.07, 6.45) is 3.69. The summed E-state index contributed by atoms with van der Waals surface area (Å²) in [6.45, 7) is 2.64. The summed E-state index contributed by atoms with van der Waals surface area (Å²) in [5, 5.41) is 3.19. The third-order valence-corrected chi connectivity index (χ3v) is 1.94. The molecule has 1 aromatic heterocycles. The summed E-state index contributed by atoms with van der Waals surface area (Å²) in [4.78, 5) is 10.9. The molecule has 1 unspecified atom stereocenters. The van der Waals surface area contributed by atoms with Crippen molar-refractivity contribution in [2.24, 2.45) is 0 Å². The van der Waals surface area contributed by atoms with Crippen molar-refractivity contribution in [3.05, 3.63) is 24.2 Å². The minimum Gasteiger partial charge on any atom is -0.472 e. The van der Waals surface area contributed by atoms with E-state index in [0.717, 1.165) is 5.56 Å². The van der Waals surface area contributed by atoms with Crippen molar-refractivity contribution in [2.45, 2.75) is 25.9 Å². The summed E-state index contributed by atoms with van der Waals surface area (Å²) < 4.78 is 9.48. The molecular formula is C10H15NO3. The van der Waals surface area contributed by atoms with Gasteiger partial charge in [-0.2, -0.15) is 0 Å². The van der Waals surface area contributed by atoms with E-state index >= 15 is 0 Å². The van der Waals surface area contributed by atoms with Crippen LogP contribution in [0.3, 0.4) is 0 Å². The van der Waals surface area contributed by atoms with Gasteiger partial charge in [0.05, 0.1) is 26.1 Å². The first-order chi connectivity index (χ1) is 6.72. The molecule has 1 aromatic rings. The molecule has 0 aliphatic carbocycles. The fourth-order valence-corrected chi connectivity index (χ4v) is 1.09. The molecule has 1 heterocycles. The standard InChI is InChI=1S/C10H15NO3/c1-8(5-10(12)13-2)11-6-9-3-4-14-7-9/h3-4,7-8,11H,5-6H2,1-2H3. The summed E-state index contributed by atoms with van der Waals surface area (Å²) in [6, 6.07) is 2.00. The third kappa shape index (κ3) is 3.62.